The molecule has 0 aliphatic heterocycles. The lowest BCUT2D eigenvalue weighted by Crippen LogP contribution is -2.27. The number of hydrogen-bond donors (Lipinski definition) is 1. The molecule has 0 spiro atoms. The first-order chi connectivity index (χ1) is 4.54. The zero-order valence-corrected chi connectivity index (χ0v) is 6.61. The molecule has 0 heterocycles. The van der Waals surface area contributed by atoms with E-state index in [1.54, 1.807) is 6.92 Å². The van der Waals surface area contributed by atoms with Gasteiger partial charge in [0, 0.05) is 12.1 Å². The zero-order chi connectivity index (χ0) is 8.15. The maximum absolute atomic E-state index is 10.8. The van der Waals surface area contributed by atoms with E-state index in [0.29, 0.717) is 12.1 Å². The van der Waals surface area contributed by atoms with Gasteiger partial charge in [-0.1, -0.05) is 13.5 Å². The van der Waals surface area contributed by atoms with Crippen molar-refractivity contribution >= 4 is 5.91 Å². The molecule has 0 saturated carbocycles. The van der Waals surface area contributed by atoms with E-state index in [1.165, 1.54) is 0 Å². The van der Waals surface area contributed by atoms with E-state index < -0.39 is 0 Å². The van der Waals surface area contributed by atoms with Crippen LogP contribution in [0.1, 0.15) is 13.8 Å². The highest BCUT2D eigenvalue weighted by Gasteiger charge is 2.00. The van der Waals surface area contributed by atoms with Gasteiger partial charge in [0.25, 0.3) is 0 Å². The van der Waals surface area contributed by atoms with Crippen LogP contribution in [0.2, 0.25) is 0 Å². The summed E-state index contributed by atoms with van der Waals surface area (Å²) in [4.78, 5) is 10.8. The summed E-state index contributed by atoms with van der Waals surface area (Å²) >= 11 is 0. The average Bonchev–Trinajstić information content (AvgIpc) is 1.82. The first kappa shape index (κ1) is 9.21. The van der Waals surface area contributed by atoms with Crippen molar-refractivity contribution in [1.82, 2.24) is 5.32 Å². The van der Waals surface area contributed by atoms with E-state index in [4.69, 9.17) is 0 Å². The maximum Gasteiger partial charge on any atom is 0.246 e. The highest BCUT2D eigenvalue weighted by atomic mass is 16.1. The summed E-state index contributed by atoms with van der Waals surface area (Å²) in [5.74, 6) is 0.166. The first-order valence-electron chi connectivity index (χ1n) is 3.31. The lowest BCUT2D eigenvalue weighted by Gasteiger charge is -2.05. The van der Waals surface area contributed by atoms with E-state index >= 15 is 0 Å². The second kappa shape index (κ2) is 4.09. The number of carbonyl (C=O) groups is 1. The minimum absolute atomic E-state index is 0.0875. The molecule has 0 saturated heterocycles. The smallest absolute Gasteiger partial charge is 0.246 e. The van der Waals surface area contributed by atoms with Gasteiger partial charge in [-0.2, -0.15) is 0 Å². The van der Waals surface area contributed by atoms with Gasteiger partial charge < -0.3 is 5.32 Å². The molecule has 0 aromatic heterocycles. The lowest BCUT2D eigenvalue weighted by atomic mass is 10.2. The topological polar surface area (TPSA) is 29.1 Å². The van der Waals surface area contributed by atoms with Gasteiger partial charge in [-0.3, -0.25) is 4.79 Å². The SMILES string of the molecule is [CH2]C(C)CNC(=O)C(=C)C. The van der Waals surface area contributed by atoms with Crippen molar-refractivity contribution < 1.29 is 4.79 Å². The van der Waals surface area contributed by atoms with Gasteiger partial charge in [-0.25, -0.2) is 0 Å². The van der Waals surface area contributed by atoms with Crippen LogP contribution in [0, 0.1) is 12.8 Å². The van der Waals surface area contributed by atoms with Crippen LogP contribution in [0.5, 0.6) is 0 Å². The molecule has 1 unspecified atom stereocenters. The van der Waals surface area contributed by atoms with E-state index in [9.17, 15) is 4.79 Å². The molecule has 57 valence electrons. The van der Waals surface area contributed by atoms with E-state index in [-0.39, 0.29) is 11.8 Å². The molecule has 0 aromatic carbocycles. The Hall–Kier alpha value is -0.790. The van der Waals surface area contributed by atoms with Gasteiger partial charge in [0.1, 0.15) is 0 Å². The predicted octanol–water partition coefficient (Wildman–Crippen LogP) is 1.15. The normalized spacial score (nSPS) is 9.60. The summed E-state index contributed by atoms with van der Waals surface area (Å²) in [5.41, 5.74) is 0.542. The molecule has 2 heteroatoms. The average molecular weight is 140 g/mol. The van der Waals surface area contributed by atoms with Crippen molar-refractivity contribution in [3.63, 3.8) is 0 Å². The summed E-state index contributed by atoms with van der Waals surface area (Å²) in [5, 5.41) is 2.68. The number of rotatable bonds is 3. The van der Waals surface area contributed by atoms with Gasteiger partial charge in [-0.05, 0) is 19.8 Å². The first-order valence-corrected chi connectivity index (χ1v) is 3.31. The Kier molecular flexibility index (Phi) is 3.77. The minimum atomic E-state index is -0.0875. The summed E-state index contributed by atoms with van der Waals surface area (Å²) in [6.45, 7) is 11.5. The molecular weight excluding hydrogens is 126 g/mol. The number of amides is 1. The van der Waals surface area contributed by atoms with Crippen LogP contribution in [-0.4, -0.2) is 12.5 Å². The fourth-order valence-corrected chi connectivity index (χ4v) is 0.418. The Morgan fingerprint density at radius 1 is 1.70 bits per heavy atom. The summed E-state index contributed by atoms with van der Waals surface area (Å²) in [7, 11) is 0. The fraction of sp³-hybridized carbons (Fsp3) is 0.500. The molecule has 0 aromatic rings. The van der Waals surface area contributed by atoms with Crippen LogP contribution < -0.4 is 5.32 Å². The largest absolute Gasteiger partial charge is 0.352 e. The molecule has 0 aliphatic carbocycles. The molecule has 1 atom stereocenters. The van der Waals surface area contributed by atoms with Gasteiger partial charge in [-0.15, -0.1) is 0 Å². The zero-order valence-electron chi connectivity index (χ0n) is 6.61. The van der Waals surface area contributed by atoms with Crippen LogP contribution in [0.3, 0.4) is 0 Å². The van der Waals surface area contributed by atoms with Crippen molar-refractivity contribution in [2.45, 2.75) is 13.8 Å². The Bertz CT molecular complexity index is 138. The Morgan fingerprint density at radius 3 is 2.50 bits per heavy atom. The monoisotopic (exact) mass is 140 g/mol. The Morgan fingerprint density at radius 2 is 2.20 bits per heavy atom. The summed E-state index contributed by atoms with van der Waals surface area (Å²) in [6, 6.07) is 0. The number of nitrogens with one attached hydrogen (secondary N) is 1. The molecule has 1 amide bonds. The maximum atomic E-state index is 10.8. The second-order valence-corrected chi connectivity index (χ2v) is 2.60. The van der Waals surface area contributed by atoms with Crippen molar-refractivity contribution in [3.8, 4) is 0 Å². The Balaban J connectivity index is 3.50. The molecule has 0 aliphatic rings. The van der Waals surface area contributed by atoms with Crippen LogP contribution in [-0.2, 0) is 4.79 Å². The highest BCUT2D eigenvalue weighted by Crippen LogP contribution is 1.89. The summed E-state index contributed by atoms with van der Waals surface area (Å²) in [6.07, 6.45) is 0. The third-order valence-corrected chi connectivity index (χ3v) is 0.999. The van der Waals surface area contributed by atoms with Gasteiger partial charge in [0.2, 0.25) is 5.91 Å². The summed E-state index contributed by atoms with van der Waals surface area (Å²) < 4.78 is 0. The van der Waals surface area contributed by atoms with Crippen LogP contribution in [0.25, 0.3) is 0 Å². The fourth-order valence-electron chi connectivity index (χ4n) is 0.418. The molecule has 10 heavy (non-hydrogen) atoms. The van der Waals surface area contributed by atoms with Gasteiger partial charge in [0.05, 0.1) is 0 Å². The van der Waals surface area contributed by atoms with Crippen molar-refractivity contribution in [2.24, 2.45) is 5.92 Å². The molecule has 0 rings (SSSR count). The van der Waals surface area contributed by atoms with Gasteiger partial charge in [0.15, 0.2) is 0 Å². The third-order valence-electron chi connectivity index (χ3n) is 0.999. The molecule has 1 radical (unpaired) electrons. The number of carbonyl (C=O) groups excluding carboxylic acids is 1. The van der Waals surface area contributed by atoms with E-state index in [0.717, 1.165) is 0 Å². The predicted molar refractivity (Wildman–Crippen MR) is 42.3 cm³/mol. The molecule has 2 nitrogen and oxygen atoms in total. The van der Waals surface area contributed by atoms with Crippen LogP contribution >= 0.6 is 0 Å². The van der Waals surface area contributed by atoms with E-state index in [1.807, 2.05) is 6.92 Å². The molecule has 0 bridgehead atoms. The van der Waals surface area contributed by atoms with Crippen LogP contribution in [0.15, 0.2) is 12.2 Å². The van der Waals surface area contributed by atoms with Crippen molar-refractivity contribution in [2.75, 3.05) is 6.54 Å². The van der Waals surface area contributed by atoms with Gasteiger partial charge >= 0.3 is 0 Å². The minimum Gasteiger partial charge on any atom is -0.352 e. The number of hydrogen-bond acceptors (Lipinski definition) is 1. The van der Waals surface area contributed by atoms with E-state index in [2.05, 4.69) is 18.8 Å². The molecular formula is C8H14NO. The Labute approximate surface area is 62.3 Å². The lowest BCUT2D eigenvalue weighted by molar-refractivity contribution is -0.117. The standard InChI is InChI=1S/C8H14NO/c1-6(2)5-9-8(10)7(3)4/h6H,1,3,5H2,2,4H3,(H,9,10). The van der Waals surface area contributed by atoms with Crippen LogP contribution in [0.4, 0.5) is 0 Å². The van der Waals surface area contributed by atoms with Crippen molar-refractivity contribution in [3.05, 3.63) is 19.1 Å². The molecule has 0 fully saturated rings. The second-order valence-electron chi connectivity index (χ2n) is 2.60. The quantitative estimate of drug-likeness (QED) is 0.585. The molecule has 1 N–H and O–H groups in total. The third kappa shape index (κ3) is 4.13. The van der Waals surface area contributed by atoms with Crippen molar-refractivity contribution in [1.29, 1.82) is 0 Å². The highest BCUT2D eigenvalue weighted by molar-refractivity contribution is 5.92.